The molecule has 2 saturated carbocycles. The maximum atomic E-state index is 5.62. The average Bonchev–Trinajstić information content (AvgIpc) is 2.57. The minimum atomic E-state index is 0.308. The Kier molecular flexibility index (Phi) is 2.64. The number of hydrogen-bond donors (Lipinski definition) is 0. The summed E-state index contributed by atoms with van der Waals surface area (Å²) >= 11 is 0. The predicted octanol–water partition coefficient (Wildman–Crippen LogP) is 3.38. The van der Waals surface area contributed by atoms with E-state index < -0.39 is 0 Å². The van der Waals surface area contributed by atoms with E-state index in [9.17, 15) is 0 Å². The van der Waals surface area contributed by atoms with Gasteiger partial charge in [0.1, 0.15) is 0 Å². The van der Waals surface area contributed by atoms with Crippen LogP contribution in [0, 0.1) is 11.8 Å². The molecule has 0 spiro atoms. The summed E-state index contributed by atoms with van der Waals surface area (Å²) in [7, 11) is 1.89. The van der Waals surface area contributed by atoms with Crippen LogP contribution in [-0.2, 0) is 4.74 Å². The third kappa shape index (κ3) is 1.76. The van der Waals surface area contributed by atoms with Gasteiger partial charge in [-0.3, -0.25) is 0 Å². The Morgan fingerprint density at radius 3 is 2.46 bits per heavy atom. The highest BCUT2D eigenvalue weighted by Gasteiger charge is 2.53. The molecule has 2 aliphatic carbocycles. The lowest BCUT2D eigenvalue weighted by atomic mass is 9.98. The fourth-order valence-corrected chi connectivity index (χ4v) is 3.13. The smallest absolute Gasteiger partial charge is 0.0709 e. The number of ether oxygens (including phenoxy) is 1. The summed E-state index contributed by atoms with van der Waals surface area (Å²) in [5.41, 5.74) is 0.308. The van der Waals surface area contributed by atoms with E-state index in [1.54, 1.807) is 0 Å². The van der Waals surface area contributed by atoms with Crippen LogP contribution in [0.5, 0.6) is 0 Å². The number of rotatable bonds is 4. The molecule has 2 rings (SSSR count). The highest BCUT2D eigenvalue weighted by Crippen LogP contribution is 2.53. The fourth-order valence-electron chi connectivity index (χ4n) is 3.13. The first-order valence-electron chi connectivity index (χ1n) is 5.86. The van der Waals surface area contributed by atoms with E-state index in [2.05, 4.69) is 6.92 Å². The lowest BCUT2D eigenvalue weighted by Crippen LogP contribution is -2.14. The summed E-state index contributed by atoms with van der Waals surface area (Å²) in [6, 6.07) is 0. The molecule has 0 N–H and O–H groups in total. The number of methoxy groups -OCH3 is 1. The van der Waals surface area contributed by atoms with Crippen molar-refractivity contribution < 1.29 is 4.74 Å². The molecule has 76 valence electrons. The third-order valence-electron chi connectivity index (χ3n) is 4.27. The molecular formula is C12H22O. The Bertz CT molecular complexity index is 166. The van der Waals surface area contributed by atoms with Gasteiger partial charge in [0, 0.05) is 7.11 Å². The normalized spacial score (nSPS) is 39.7. The van der Waals surface area contributed by atoms with Gasteiger partial charge in [0.15, 0.2) is 0 Å². The first-order chi connectivity index (χ1) is 6.30. The summed E-state index contributed by atoms with van der Waals surface area (Å²) in [5, 5.41) is 0. The van der Waals surface area contributed by atoms with Crippen LogP contribution in [0.25, 0.3) is 0 Å². The minimum Gasteiger partial charge on any atom is -0.378 e. The molecule has 1 nitrogen and oxygen atoms in total. The molecule has 0 radical (unpaired) electrons. The van der Waals surface area contributed by atoms with E-state index in [-0.39, 0.29) is 0 Å². The molecule has 2 fully saturated rings. The van der Waals surface area contributed by atoms with Gasteiger partial charge in [-0.2, -0.15) is 0 Å². The Morgan fingerprint density at radius 2 is 2.00 bits per heavy atom. The lowest BCUT2D eigenvalue weighted by molar-refractivity contribution is 0.0584. The first-order valence-corrected chi connectivity index (χ1v) is 5.86. The summed E-state index contributed by atoms with van der Waals surface area (Å²) in [6.45, 7) is 2.26. The van der Waals surface area contributed by atoms with Crippen LogP contribution < -0.4 is 0 Å². The Morgan fingerprint density at radius 1 is 1.31 bits per heavy atom. The van der Waals surface area contributed by atoms with E-state index in [1.807, 2.05) is 7.11 Å². The van der Waals surface area contributed by atoms with Gasteiger partial charge in [-0.25, -0.2) is 0 Å². The molecule has 0 bridgehead atoms. The molecule has 0 aromatic rings. The van der Waals surface area contributed by atoms with Crippen molar-refractivity contribution in [1.29, 1.82) is 0 Å². The van der Waals surface area contributed by atoms with Crippen molar-refractivity contribution in [3.63, 3.8) is 0 Å². The van der Waals surface area contributed by atoms with Crippen LogP contribution in [-0.4, -0.2) is 12.7 Å². The molecule has 13 heavy (non-hydrogen) atoms. The van der Waals surface area contributed by atoms with Crippen LogP contribution in [0.3, 0.4) is 0 Å². The minimum absolute atomic E-state index is 0.308. The second-order valence-electron chi connectivity index (χ2n) is 4.91. The standard InChI is InChI=1S/C12H22O/c1-3-12(13-2)9-11(12)8-10-6-4-5-7-10/h10-11H,3-9H2,1-2H3. The van der Waals surface area contributed by atoms with E-state index in [0.717, 1.165) is 11.8 Å². The van der Waals surface area contributed by atoms with Gasteiger partial charge in [0.05, 0.1) is 5.60 Å². The average molecular weight is 182 g/mol. The van der Waals surface area contributed by atoms with Crippen molar-refractivity contribution in [3.05, 3.63) is 0 Å². The van der Waals surface area contributed by atoms with Crippen molar-refractivity contribution in [2.45, 2.75) is 57.5 Å². The Labute approximate surface area is 81.9 Å². The second kappa shape index (κ2) is 3.61. The van der Waals surface area contributed by atoms with Crippen LogP contribution in [0.15, 0.2) is 0 Å². The largest absolute Gasteiger partial charge is 0.378 e. The summed E-state index contributed by atoms with van der Waals surface area (Å²) in [5.74, 6) is 1.93. The van der Waals surface area contributed by atoms with E-state index in [4.69, 9.17) is 4.74 Å². The molecule has 2 aliphatic rings. The zero-order chi connectivity index (χ0) is 9.31. The van der Waals surface area contributed by atoms with Gasteiger partial charge in [0.25, 0.3) is 0 Å². The number of hydrogen-bond acceptors (Lipinski definition) is 1. The maximum absolute atomic E-state index is 5.62. The molecular weight excluding hydrogens is 160 g/mol. The fraction of sp³-hybridized carbons (Fsp3) is 1.00. The highest BCUT2D eigenvalue weighted by atomic mass is 16.5. The summed E-state index contributed by atoms with van der Waals surface area (Å²) < 4.78 is 5.62. The Balaban J connectivity index is 1.78. The predicted molar refractivity (Wildman–Crippen MR) is 54.7 cm³/mol. The first kappa shape index (κ1) is 9.51. The SMILES string of the molecule is CCC1(OC)CC1CC1CCCC1. The van der Waals surface area contributed by atoms with Gasteiger partial charge in [0.2, 0.25) is 0 Å². The summed E-state index contributed by atoms with van der Waals surface area (Å²) in [6.07, 6.45) is 9.91. The van der Waals surface area contributed by atoms with Crippen molar-refractivity contribution in [1.82, 2.24) is 0 Å². The zero-order valence-electron chi connectivity index (χ0n) is 9.01. The van der Waals surface area contributed by atoms with Gasteiger partial charge in [-0.1, -0.05) is 32.6 Å². The van der Waals surface area contributed by atoms with E-state index in [0.29, 0.717) is 5.60 Å². The molecule has 0 aromatic carbocycles. The molecule has 1 heteroatoms. The molecule has 2 unspecified atom stereocenters. The van der Waals surface area contributed by atoms with Crippen molar-refractivity contribution in [2.75, 3.05) is 7.11 Å². The van der Waals surface area contributed by atoms with Gasteiger partial charge in [-0.05, 0) is 31.1 Å². The van der Waals surface area contributed by atoms with Crippen LogP contribution in [0.4, 0.5) is 0 Å². The molecule has 0 aromatic heterocycles. The Hall–Kier alpha value is -0.0400. The van der Waals surface area contributed by atoms with Crippen molar-refractivity contribution in [3.8, 4) is 0 Å². The molecule has 0 aliphatic heterocycles. The lowest BCUT2D eigenvalue weighted by Gasteiger charge is -2.15. The highest BCUT2D eigenvalue weighted by molar-refractivity contribution is 5.04. The third-order valence-corrected chi connectivity index (χ3v) is 4.27. The second-order valence-corrected chi connectivity index (χ2v) is 4.91. The van der Waals surface area contributed by atoms with E-state index >= 15 is 0 Å². The molecule has 0 saturated heterocycles. The molecule has 2 atom stereocenters. The summed E-state index contributed by atoms with van der Waals surface area (Å²) in [4.78, 5) is 0. The van der Waals surface area contributed by atoms with Crippen LogP contribution >= 0.6 is 0 Å². The maximum Gasteiger partial charge on any atom is 0.0709 e. The quantitative estimate of drug-likeness (QED) is 0.647. The van der Waals surface area contributed by atoms with Gasteiger partial charge >= 0.3 is 0 Å². The van der Waals surface area contributed by atoms with Crippen molar-refractivity contribution in [2.24, 2.45) is 11.8 Å². The van der Waals surface area contributed by atoms with Gasteiger partial charge < -0.3 is 4.74 Å². The van der Waals surface area contributed by atoms with Crippen LogP contribution in [0.2, 0.25) is 0 Å². The zero-order valence-corrected chi connectivity index (χ0v) is 9.01. The molecule has 0 amide bonds. The molecule has 0 heterocycles. The van der Waals surface area contributed by atoms with Gasteiger partial charge in [-0.15, -0.1) is 0 Å². The monoisotopic (exact) mass is 182 g/mol. The van der Waals surface area contributed by atoms with Crippen LogP contribution in [0.1, 0.15) is 51.9 Å². The van der Waals surface area contributed by atoms with Crippen molar-refractivity contribution >= 4 is 0 Å². The van der Waals surface area contributed by atoms with E-state index in [1.165, 1.54) is 44.9 Å². The topological polar surface area (TPSA) is 9.23 Å².